The minimum Gasteiger partial charge on any atom is -0.340 e. The van der Waals surface area contributed by atoms with Gasteiger partial charge < -0.3 is 5.32 Å². The summed E-state index contributed by atoms with van der Waals surface area (Å²) in [5.74, 6) is 1.60. The van der Waals surface area contributed by atoms with E-state index in [-0.39, 0.29) is 0 Å². The summed E-state index contributed by atoms with van der Waals surface area (Å²) in [5.41, 5.74) is 4.92. The summed E-state index contributed by atoms with van der Waals surface area (Å²) >= 11 is 6.53. The van der Waals surface area contributed by atoms with Crippen LogP contribution < -0.4 is 5.32 Å². The molecule has 0 atom stereocenters. The summed E-state index contributed by atoms with van der Waals surface area (Å²) in [4.78, 5) is 13.5. The highest BCUT2D eigenvalue weighted by Crippen LogP contribution is 2.31. The third kappa shape index (κ3) is 3.76. The number of aromatic nitrogens is 3. The van der Waals surface area contributed by atoms with E-state index in [0.717, 1.165) is 50.1 Å². The molecule has 0 aliphatic heterocycles. The van der Waals surface area contributed by atoms with Gasteiger partial charge in [0.15, 0.2) is 0 Å². The van der Waals surface area contributed by atoms with Gasteiger partial charge in [0.05, 0.1) is 10.5 Å². The Labute approximate surface area is 163 Å². The molecule has 5 heteroatoms. The van der Waals surface area contributed by atoms with Crippen molar-refractivity contribution in [2.24, 2.45) is 0 Å². The Bertz CT molecular complexity index is 1110. The van der Waals surface area contributed by atoms with E-state index in [9.17, 15) is 0 Å². The number of nitrogens with zero attached hydrogens (tertiary/aromatic N) is 3. The maximum Gasteiger partial charge on any atom is 0.135 e. The largest absolute Gasteiger partial charge is 0.340 e. The summed E-state index contributed by atoms with van der Waals surface area (Å²) < 4.78 is 0. The number of aryl methyl sites for hydroxylation is 1. The number of anilines is 2. The van der Waals surface area contributed by atoms with Gasteiger partial charge in [0.2, 0.25) is 0 Å². The molecule has 2 heterocycles. The molecule has 0 bridgehead atoms. The normalized spacial score (nSPS) is 10.9. The van der Waals surface area contributed by atoms with Crippen molar-refractivity contribution >= 4 is 34.0 Å². The molecule has 0 amide bonds. The zero-order valence-electron chi connectivity index (χ0n) is 15.2. The first-order valence-corrected chi connectivity index (χ1v) is 9.17. The molecule has 0 saturated heterocycles. The molecular weight excluding hydrogens is 356 g/mol. The quantitative estimate of drug-likeness (QED) is 0.503. The number of rotatable bonds is 4. The Balaban J connectivity index is 1.57. The Morgan fingerprint density at radius 3 is 2.48 bits per heavy atom. The van der Waals surface area contributed by atoms with Crippen molar-refractivity contribution in [3.63, 3.8) is 0 Å². The van der Waals surface area contributed by atoms with Crippen LogP contribution in [-0.2, 0) is 6.42 Å². The molecule has 2 aromatic carbocycles. The number of hydrogen-bond donors (Lipinski definition) is 1. The fraction of sp³-hybridized carbons (Fsp3) is 0.136. The number of pyridine rings is 1. The highest BCUT2D eigenvalue weighted by Gasteiger charge is 2.10. The van der Waals surface area contributed by atoms with Crippen LogP contribution in [-0.4, -0.2) is 15.0 Å². The summed E-state index contributed by atoms with van der Waals surface area (Å²) in [6.07, 6.45) is 2.51. The molecule has 0 saturated carbocycles. The highest BCUT2D eigenvalue weighted by molar-refractivity contribution is 6.36. The van der Waals surface area contributed by atoms with Gasteiger partial charge in [-0.25, -0.2) is 15.0 Å². The standard InChI is InChI=1S/C22H19ClN4/c1-14-11-12-24-20(25-14)13-16-7-9-17(10-8-16)26-22-15(2)21(23)18-5-3-4-6-19(18)27-22/h3-12H,13H2,1-2H3,(H,26,27). The Kier molecular flexibility index (Phi) is 4.73. The average molecular weight is 375 g/mol. The van der Waals surface area contributed by atoms with Gasteiger partial charge in [-0.3, -0.25) is 0 Å². The first-order valence-electron chi connectivity index (χ1n) is 8.79. The topological polar surface area (TPSA) is 50.7 Å². The van der Waals surface area contributed by atoms with Gasteiger partial charge in [-0.1, -0.05) is 41.9 Å². The number of fused-ring (bicyclic) bond motifs is 1. The zero-order chi connectivity index (χ0) is 18.8. The van der Waals surface area contributed by atoms with Crippen LogP contribution in [0.25, 0.3) is 10.9 Å². The minimum absolute atomic E-state index is 0.709. The zero-order valence-corrected chi connectivity index (χ0v) is 16.0. The first kappa shape index (κ1) is 17.4. The van der Waals surface area contributed by atoms with Crippen molar-refractivity contribution in [1.82, 2.24) is 15.0 Å². The number of halogens is 1. The van der Waals surface area contributed by atoms with Crippen molar-refractivity contribution in [3.05, 3.63) is 88.5 Å². The van der Waals surface area contributed by atoms with E-state index >= 15 is 0 Å². The maximum absolute atomic E-state index is 6.53. The molecule has 0 aliphatic carbocycles. The Morgan fingerprint density at radius 1 is 0.926 bits per heavy atom. The van der Waals surface area contributed by atoms with E-state index in [2.05, 4.69) is 27.4 Å². The van der Waals surface area contributed by atoms with Gasteiger partial charge in [-0.05, 0) is 43.7 Å². The second kappa shape index (κ2) is 7.33. The number of nitrogens with one attached hydrogen (secondary N) is 1. The lowest BCUT2D eigenvalue weighted by molar-refractivity contribution is 0.942. The van der Waals surface area contributed by atoms with Crippen LogP contribution in [0.2, 0.25) is 5.02 Å². The van der Waals surface area contributed by atoms with Crippen molar-refractivity contribution in [2.45, 2.75) is 20.3 Å². The molecule has 0 radical (unpaired) electrons. The number of hydrogen-bond acceptors (Lipinski definition) is 4. The predicted molar refractivity (Wildman–Crippen MR) is 111 cm³/mol. The first-order chi connectivity index (χ1) is 13.1. The SMILES string of the molecule is Cc1ccnc(Cc2ccc(Nc3nc4ccccc4c(Cl)c3C)cc2)n1. The summed E-state index contributed by atoms with van der Waals surface area (Å²) in [5, 5.41) is 5.08. The summed E-state index contributed by atoms with van der Waals surface area (Å²) in [7, 11) is 0. The van der Waals surface area contributed by atoms with E-state index in [0.29, 0.717) is 6.42 Å². The summed E-state index contributed by atoms with van der Waals surface area (Å²) in [6.45, 7) is 3.95. The van der Waals surface area contributed by atoms with E-state index < -0.39 is 0 Å². The highest BCUT2D eigenvalue weighted by atomic mass is 35.5. The van der Waals surface area contributed by atoms with E-state index in [1.165, 1.54) is 0 Å². The fourth-order valence-electron chi connectivity index (χ4n) is 3.00. The van der Waals surface area contributed by atoms with Gasteiger partial charge >= 0.3 is 0 Å². The molecule has 0 unspecified atom stereocenters. The lowest BCUT2D eigenvalue weighted by atomic mass is 10.1. The van der Waals surface area contributed by atoms with Crippen molar-refractivity contribution < 1.29 is 0 Å². The lowest BCUT2D eigenvalue weighted by Gasteiger charge is -2.12. The third-order valence-electron chi connectivity index (χ3n) is 4.48. The third-order valence-corrected chi connectivity index (χ3v) is 4.97. The van der Waals surface area contributed by atoms with Gasteiger partial charge in [-0.2, -0.15) is 0 Å². The van der Waals surface area contributed by atoms with Gasteiger partial charge in [0, 0.05) is 34.9 Å². The lowest BCUT2D eigenvalue weighted by Crippen LogP contribution is -2.00. The Morgan fingerprint density at radius 2 is 1.70 bits per heavy atom. The molecule has 134 valence electrons. The van der Waals surface area contributed by atoms with Crippen LogP contribution in [0.5, 0.6) is 0 Å². The maximum atomic E-state index is 6.53. The molecule has 0 spiro atoms. The van der Waals surface area contributed by atoms with Crippen LogP contribution in [0.15, 0.2) is 60.8 Å². The molecule has 0 aliphatic rings. The van der Waals surface area contributed by atoms with Crippen LogP contribution >= 0.6 is 11.6 Å². The smallest absolute Gasteiger partial charge is 0.135 e. The van der Waals surface area contributed by atoms with E-state index in [1.54, 1.807) is 6.20 Å². The van der Waals surface area contributed by atoms with E-state index in [4.69, 9.17) is 16.6 Å². The molecule has 0 fully saturated rings. The van der Waals surface area contributed by atoms with Gasteiger partial charge in [0.1, 0.15) is 11.6 Å². The molecule has 4 nitrogen and oxygen atoms in total. The van der Waals surface area contributed by atoms with Crippen molar-refractivity contribution in [2.75, 3.05) is 5.32 Å². The number of benzene rings is 2. The van der Waals surface area contributed by atoms with Crippen LogP contribution in [0, 0.1) is 13.8 Å². The van der Waals surface area contributed by atoms with E-state index in [1.807, 2.05) is 56.3 Å². The van der Waals surface area contributed by atoms with Gasteiger partial charge in [-0.15, -0.1) is 0 Å². The average Bonchev–Trinajstić information content (AvgIpc) is 2.67. The van der Waals surface area contributed by atoms with Crippen molar-refractivity contribution in [1.29, 1.82) is 0 Å². The molecule has 4 rings (SSSR count). The van der Waals surface area contributed by atoms with Crippen LogP contribution in [0.3, 0.4) is 0 Å². The molecule has 4 aromatic rings. The second-order valence-electron chi connectivity index (χ2n) is 6.53. The second-order valence-corrected chi connectivity index (χ2v) is 6.91. The van der Waals surface area contributed by atoms with Crippen LogP contribution in [0.1, 0.15) is 22.6 Å². The molecular formula is C22H19ClN4. The predicted octanol–water partition coefficient (Wildman–Crippen LogP) is 5.63. The monoisotopic (exact) mass is 374 g/mol. The minimum atomic E-state index is 0.709. The summed E-state index contributed by atoms with van der Waals surface area (Å²) in [6, 6.07) is 18.0. The molecule has 27 heavy (non-hydrogen) atoms. The van der Waals surface area contributed by atoms with Gasteiger partial charge in [0.25, 0.3) is 0 Å². The molecule has 1 N–H and O–H groups in total. The van der Waals surface area contributed by atoms with Crippen molar-refractivity contribution in [3.8, 4) is 0 Å². The Hall–Kier alpha value is -2.98. The fourth-order valence-corrected chi connectivity index (χ4v) is 3.25. The number of para-hydroxylation sites is 1. The molecule has 2 aromatic heterocycles. The van der Waals surface area contributed by atoms with Crippen LogP contribution in [0.4, 0.5) is 11.5 Å².